The lowest BCUT2D eigenvalue weighted by molar-refractivity contribution is 0.548. The quantitative estimate of drug-likeness (QED) is 0.685. The monoisotopic (exact) mass is 404 g/mol. The maximum Gasteiger partial charge on any atom is 0.229 e. The van der Waals surface area contributed by atoms with E-state index in [0.29, 0.717) is 11.4 Å². The van der Waals surface area contributed by atoms with Crippen LogP contribution in [0.1, 0.15) is 32.0 Å². The standard InChI is InChI=1S/C19H20N4O2S.ClH/c1-4-13(2)23-12-18(14-5-6-16(10-20)21-11-14)17-8-7-15(9-19(17)23)22-26(3,24)25;/h5-9,11-13,22H,4H2,1-3H3;1H/t13-;/m0./s1. The minimum Gasteiger partial charge on any atom is -0.344 e. The Labute approximate surface area is 165 Å². The van der Waals surface area contributed by atoms with Gasteiger partial charge >= 0.3 is 0 Å². The van der Waals surface area contributed by atoms with Gasteiger partial charge in [-0.2, -0.15) is 5.26 Å². The summed E-state index contributed by atoms with van der Waals surface area (Å²) < 4.78 is 27.8. The topological polar surface area (TPSA) is 87.8 Å². The summed E-state index contributed by atoms with van der Waals surface area (Å²) in [5, 5.41) is 9.94. The summed E-state index contributed by atoms with van der Waals surface area (Å²) in [5.74, 6) is 0. The second-order valence-electron chi connectivity index (χ2n) is 6.36. The fraction of sp³-hybridized carbons (Fsp3) is 0.263. The molecule has 2 heterocycles. The van der Waals surface area contributed by atoms with Crippen molar-refractivity contribution in [1.82, 2.24) is 9.55 Å². The number of pyridine rings is 1. The second kappa shape index (κ2) is 7.99. The van der Waals surface area contributed by atoms with Gasteiger partial charge in [0.05, 0.1) is 17.5 Å². The van der Waals surface area contributed by atoms with Crippen LogP contribution in [0.15, 0.2) is 42.7 Å². The molecular weight excluding hydrogens is 384 g/mol. The number of hydrogen-bond donors (Lipinski definition) is 1. The van der Waals surface area contributed by atoms with E-state index in [1.165, 1.54) is 0 Å². The van der Waals surface area contributed by atoms with E-state index in [-0.39, 0.29) is 18.4 Å². The fourth-order valence-corrected chi connectivity index (χ4v) is 3.49. The molecule has 1 N–H and O–H groups in total. The number of benzene rings is 1. The minimum atomic E-state index is -3.34. The molecule has 0 saturated carbocycles. The number of aromatic nitrogens is 2. The van der Waals surface area contributed by atoms with E-state index in [9.17, 15) is 8.42 Å². The highest BCUT2D eigenvalue weighted by molar-refractivity contribution is 7.92. The molecule has 2 aromatic heterocycles. The van der Waals surface area contributed by atoms with Gasteiger partial charge in [-0.3, -0.25) is 4.72 Å². The van der Waals surface area contributed by atoms with Crippen LogP contribution in [0.5, 0.6) is 0 Å². The lowest BCUT2D eigenvalue weighted by Gasteiger charge is -2.13. The first kappa shape index (κ1) is 20.7. The maximum atomic E-state index is 11.5. The molecule has 3 rings (SSSR count). The molecular formula is C19H21ClN4O2S. The van der Waals surface area contributed by atoms with Gasteiger partial charge in [0.1, 0.15) is 11.8 Å². The first-order valence-electron chi connectivity index (χ1n) is 8.31. The number of nitrogens with one attached hydrogen (secondary N) is 1. The van der Waals surface area contributed by atoms with Gasteiger partial charge in [0.15, 0.2) is 0 Å². The van der Waals surface area contributed by atoms with Crippen LogP contribution in [0.2, 0.25) is 0 Å². The predicted molar refractivity (Wildman–Crippen MR) is 111 cm³/mol. The maximum absolute atomic E-state index is 11.5. The zero-order valence-corrected chi connectivity index (χ0v) is 16.9. The number of nitriles is 1. The second-order valence-corrected chi connectivity index (χ2v) is 8.11. The van der Waals surface area contributed by atoms with Gasteiger partial charge in [-0.05, 0) is 37.6 Å². The molecule has 0 amide bonds. The number of halogens is 1. The van der Waals surface area contributed by atoms with E-state index >= 15 is 0 Å². The van der Waals surface area contributed by atoms with Gasteiger partial charge in [0, 0.05) is 34.9 Å². The van der Waals surface area contributed by atoms with Crippen LogP contribution in [0.3, 0.4) is 0 Å². The lowest BCUT2D eigenvalue weighted by Crippen LogP contribution is -2.09. The van der Waals surface area contributed by atoms with Crippen LogP contribution in [-0.4, -0.2) is 24.2 Å². The molecule has 0 aliphatic heterocycles. The smallest absolute Gasteiger partial charge is 0.229 e. The Hall–Kier alpha value is -2.56. The van der Waals surface area contributed by atoms with Crippen molar-refractivity contribution in [1.29, 1.82) is 5.26 Å². The van der Waals surface area contributed by atoms with Gasteiger partial charge < -0.3 is 4.57 Å². The van der Waals surface area contributed by atoms with E-state index in [0.717, 1.165) is 34.7 Å². The van der Waals surface area contributed by atoms with E-state index in [1.807, 2.05) is 24.3 Å². The Bertz CT molecular complexity index is 1100. The molecule has 0 unspecified atom stereocenters. The molecule has 0 radical (unpaired) electrons. The average Bonchev–Trinajstić information content (AvgIpc) is 2.98. The van der Waals surface area contributed by atoms with Gasteiger partial charge in [0.2, 0.25) is 10.0 Å². The summed E-state index contributed by atoms with van der Waals surface area (Å²) in [6.45, 7) is 4.23. The Morgan fingerprint density at radius 3 is 2.59 bits per heavy atom. The van der Waals surface area contributed by atoms with E-state index in [2.05, 4.69) is 34.3 Å². The van der Waals surface area contributed by atoms with Crippen molar-refractivity contribution in [2.45, 2.75) is 26.3 Å². The first-order valence-corrected chi connectivity index (χ1v) is 10.2. The van der Waals surface area contributed by atoms with Gasteiger partial charge in [-0.1, -0.05) is 13.0 Å². The number of hydrogen-bond acceptors (Lipinski definition) is 4. The summed E-state index contributed by atoms with van der Waals surface area (Å²) >= 11 is 0. The molecule has 8 heteroatoms. The van der Waals surface area contributed by atoms with E-state index in [1.54, 1.807) is 18.3 Å². The molecule has 3 aromatic rings. The fourth-order valence-electron chi connectivity index (χ4n) is 2.94. The van der Waals surface area contributed by atoms with Crippen molar-refractivity contribution in [3.63, 3.8) is 0 Å². The summed E-state index contributed by atoms with van der Waals surface area (Å²) in [6, 6.07) is 11.4. The molecule has 0 aliphatic rings. The largest absolute Gasteiger partial charge is 0.344 e. The molecule has 0 bridgehead atoms. The van der Waals surface area contributed by atoms with Crippen molar-refractivity contribution >= 4 is 39.0 Å². The third-order valence-electron chi connectivity index (χ3n) is 4.39. The Morgan fingerprint density at radius 1 is 1.30 bits per heavy atom. The number of anilines is 1. The van der Waals surface area contributed by atoms with Crippen molar-refractivity contribution in [2.75, 3.05) is 11.0 Å². The Balaban J connectivity index is 0.00000261. The number of sulfonamides is 1. The van der Waals surface area contributed by atoms with Crippen LogP contribution in [0.25, 0.3) is 22.0 Å². The van der Waals surface area contributed by atoms with Gasteiger partial charge in [-0.15, -0.1) is 12.4 Å². The molecule has 0 spiro atoms. The molecule has 27 heavy (non-hydrogen) atoms. The molecule has 0 saturated heterocycles. The van der Waals surface area contributed by atoms with Crippen molar-refractivity contribution in [2.24, 2.45) is 0 Å². The molecule has 6 nitrogen and oxygen atoms in total. The molecule has 1 aromatic carbocycles. The van der Waals surface area contributed by atoms with Crippen LogP contribution in [0.4, 0.5) is 5.69 Å². The van der Waals surface area contributed by atoms with Crippen LogP contribution >= 0.6 is 12.4 Å². The number of rotatable bonds is 5. The summed E-state index contributed by atoms with van der Waals surface area (Å²) in [5.41, 5.74) is 3.78. The number of fused-ring (bicyclic) bond motifs is 1. The summed E-state index contributed by atoms with van der Waals surface area (Å²) in [6.07, 6.45) is 5.83. The van der Waals surface area contributed by atoms with Crippen LogP contribution in [0, 0.1) is 11.3 Å². The highest BCUT2D eigenvalue weighted by Crippen LogP contribution is 2.34. The van der Waals surface area contributed by atoms with Crippen molar-refractivity contribution in [3.05, 3.63) is 48.4 Å². The first-order chi connectivity index (χ1) is 12.3. The molecule has 0 aliphatic carbocycles. The van der Waals surface area contributed by atoms with Crippen molar-refractivity contribution in [3.8, 4) is 17.2 Å². The predicted octanol–water partition coefficient (Wildman–Crippen LogP) is 4.34. The lowest BCUT2D eigenvalue weighted by atomic mass is 10.1. The molecule has 142 valence electrons. The highest BCUT2D eigenvalue weighted by Gasteiger charge is 2.15. The molecule has 1 atom stereocenters. The van der Waals surface area contributed by atoms with Crippen LogP contribution in [-0.2, 0) is 10.0 Å². The zero-order chi connectivity index (χ0) is 18.9. The van der Waals surface area contributed by atoms with E-state index in [4.69, 9.17) is 5.26 Å². The average molecular weight is 405 g/mol. The summed E-state index contributed by atoms with van der Waals surface area (Å²) in [7, 11) is -3.34. The normalized spacial score (nSPS) is 12.2. The van der Waals surface area contributed by atoms with E-state index < -0.39 is 10.0 Å². The third kappa shape index (κ3) is 4.41. The SMILES string of the molecule is CC[C@H](C)n1cc(-c2ccc(C#N)nc2)c2ccc(NS(C)(=O)=O)cc21.Cl. The Morgan fingerprint density at radius 2 is 2.04 bits per heavy atom. The van der Waals surface area contributed by atoms with Crippen molar-refractivity contribution < 1.29 is 8.42 Å². The number of nitrogens with zero attached hydrogens (tertiary/aromatic N) is 3. The minimum absolute atomic E-state index is 0. The van der Waals surface area contributed by atoms with Gasteiger partial charge in [0.25, 0.3) is 0 Å². The molecule has 0 fully saturated rings. The highest BCUT2D eigenvalue weighted by atomic mass is 35.5. The Kier molecular flexibility index (Phi) is 6.14. The van der Waals surface area contributed by atoms with Crippen LogP contribution < -0.4 is 4.72 Å². The van der Waals surface area contributed by atoms with Gasteiger partial charge in [-0.25, -0.2) is 13.4 Å². The zero-order valence-electron chi connectivity index (χ0n) is 15.3. The third-order valence-corrected chi connectivity index (χ3v) is 5.00. The summed E-state index contributed by atoms with van der Waals surface area (Å²) in [4.78, 5) is 4.16.